The number of amides is 1. The fourth-order valence-corrected chi connectivity index (χ4v) is 2.97. The molecule has 4 heteroatoms. The van der Waals surface area contributed by atoms with Gasteiger partial charge in [0.15, 0.2) is 0 Å². The van der Waals surface area contributed by atoms with Gasteiger partial charge in [0.25, 0.3) is 5.91 Å². The van der Waals surface area contributed by atoms with Gasteiger partial charge in [0.05, 0.1) is 0 Å². The largest absolute Gasteiger partial charge is 0.368 e. The Hall–Kier alpha value is -2.00. The van der Waals surface area contributed by atoms with E-state index < -0.39 is 0 Å². The molecule has 1 amide bonds. The van der Waals surface area contributed by atoms with Crippen molar-refractivity contribution >= 4 is 23.2 Å². The number of nitrogens with zero attached hydrogens (tertiary/aromatic N) is 2. The van der Waals surface area contributed by atoms with Gasteiger partial charge >= 0.3 is 0 Å². The molecule has 1 fully saturated rings. The molecule has 1 aliphatic heterocycles. The van der Waals surface area contributed by atoms with Crippen molar-refractivity contribution in [3.05, 3.63) is 64.7 Å². The zero-order chi connectivity index (χ0) is 15.5. The lowest BCUT2D eigenvalue weighted by atomic mass is 10.1. The predicted octanol–water partition coefficient (Wildman–Crippen LogP) is 3.61. The van der Waals surface area contributed by atoms with Gasteiger partial charge in [0.1, 0.15) is 0 Å². The minimum Gasteiger partial charge on any atom is -0.368 e. The summed E-state index contributed by atoms with van der Waals surface area (Å²) in [6.07, 6.45) is 0. The van der Waals surface area contributed by atoms with Crippen molar-refractivity contribution < 1.29 is 4.79 Å². The molecule has 3 nitrogen and oxygen atoms in total. The number of carbonyl (C=O) groups is 1. The highest BCUT2D eigenvalue weighted by Gasteiger charge is 2.22. The molecule has 0 aromatic heterocycles. The number of benzene rings is 2. The van der Waals surface area contributed by atoms with Crippen LogP contribution in [0.15, 0.2) is 48.5 Å². The summed E-state index contributed by atoms with van der Waals surface area (Å²) in [6, 6.07) is 15.5. The molecule has 114 valence electrons. The molecule has 2 aromatic rings. The number of halogens is 1. The van der Waals surface area contributed by atoms with Crippen molar-refractivity contribution in [2.45, 2.75) is 6.92 Å². The maximum absolute atomic E-state index is 12.5. The fourth-order valence-electron chi connectivity index (χ4n) is 2.84. The molecule has 0 atom stereocenters. The molecule has 0 aliphatic carbocycles. The van der Waals surface area contributed by atoms with Gasteiger partial charge in [-0.25, -0.2) is 0 Å². The summed E-state index contributed by atoms with van der Waals surface area (Å²) in [7, 11) is 0. The van der Waals surface area contributed by atoms with E-state index in [1.807, 2.05) is 4.90 Å². The quantitative estimate of drug-likeness (QED) is 0.845. The second kappa shape index (κ2) is 6.41. The molecule has 0 saturated carbocycles. The maximum atomic E-state index is 12.5. The van der Waals surface area contributed by atoms with Crippen LogP contribution in [0, 0.1) is 6.92 Å². The van der Waals surface area contributed by atoms with Gasteiger partial charge in [-0.15, -0.1) is 0 Å². The van der Waals surface area contributed by atoms with Crippen molar-refractivity contribution in [2.24, 2.45) is 0 Å². The molecular weight excluding hydrogens is 296 g/mol. The van der Waals surface area contributed by atoms with E-state index in [0.717, 1.165) is 26.2 Å². The highest BCUT2D eigenvalue weighted by atomic mass is 35.5. The molecular formula is C18H19ClN2O. The zero-order valence-corrected chi connectivity index (χ0v) is 13.4. The first-order chi connectivity index (χ1) is 10.6. The number of anilines is 1. The minimum atomic E-state index is 0.0844. The first kappa shape index (κ1) is 14.9. The van der Waals surface area contributed by atoms with Gasteiger partial charge in [-0.3, -0.25) is 4.79 Å². The Morgan fingerprint density at radius 2 is 1.59 bits per heavy atom. The van der Waals surface area contributed by atoms with E-state index in [9.17, 15) is 4.79 Å². The Labute approximate surface area is 136 Å². The average Bonchev–Trinajstić information content (AvgIpc) is 2.56. The lowest BCUT2D eigenvalue weighted by Gasteiger charge is -2.36. The van der Waals surface area contributed by atoms with Crippen LogP contribution in [0.25, 0.3) is 0 Å². The molecule has 0 N–H and O–H groups in total. The Balaban J connectivity index is 1.65. The van der Waals surface area contributed by atoms with Gasteiger partial charge in [-0.1, -0.05) is 29.8 Å². The van der Waals surface area contributed by atoms with Crippen LogP contribution in [-0.4, -0.2) is 37.0 Å². The van der Waals surface area contributed by atoms with Crippen molar-refractivity contribution in [3.63, 3.8) is 0 Å². The molecule has 0 radical (unpaired) electrons. The third-order valence-corrected chi connectivity index (χ3v) is 4.37. The third-order valence-electron chi connectivity index (χ3n) is 4.11. The molecule has 0 unspecified atom stereocenters. The highest BCUT2D eigenvalue weighted by Crippen LogP contribution is 2.21. The summed E-state index contributed by atoms with van der Waals surface area (Å²) in [5, 5.41) is 0.654. The summed E-state index contributed by atoms with van der Waals surface area (Å²) >= 11 is 5.87. The summed E-state index contributed by atoms with van der Waals surface area (Å²) in [5.74, 6) is 0.0844. The Morgan fingerprint density at radius 1 is 0.955 bits per heavy atom. The van der Waals surface area contributed by atoms with E-state index in [-0.39, 0.29) is 5.91 Å². The predicted molar refractivity (Wildman–Crippen MR) is 90.7 cm³/mol. The van der Waals surface area contributed by atoms with Crippen LogP contribution in [0.2, 0.25) is 5.02 Å². The van der Waals surface area contributed by atoms with Gasteiger partial charge in [-0.05, 0) is 42.8 Å². The second-order valence-corrected chi connectivity index (χ2v) is 6.01. The first-order valence-electron chi connectivity index (χ1n) is 7.50. The van der Waals surface area contributed by atoms with E-state index in [4.69, 9.17) is 11.6 Å². The van der Waals surface area contributed by atoms with Crippen LogP contribution in [-0.2, 0) is 0 Å². The summed E-state index contributed by atoms with van der Waals surface area (Å²) in [5.41, 5.74) is 3.25. The van der Waals surface area contributed by atoms with Crippen LogP contribution in [0.3, 0.4) is 0 Å². The topological polar surface area (TPSA) is 23.6 Å². The van der Waals surface area contributed by atoms with Gasteiger partial charge < -0.3 is 9.80 Å². The highest BCUT2D eigenvalue weighted by molar-refractivity contribution is 6.30. The van der Waals surface area contributed by atoms with Crippen LogP contribution < -0.4 is 4.90 Å². The smallest absolute Gasteiger partial charge is 0.253 e. The average molecular weight is 315 g/mol. The number of aryl methyl sites for hydroxylation is 1. The number of para-hydroxylation sites is 1. The van der Waals surface area contributed by atoms with E-state index in [1.165, 1.54) is 11.3 Å². The van der Waals surface area contributed by atoms with Crippen LogP contribution in [0.4, 0.5) is 5.69 Å². The van der Waals surface area contributed by atoms with Crippen molar-refractivity contribution in [1.29, 1.82) is 0 Å². The number of carbonyl (C=O) groups excluding carboxylic acids is 1. The second-order valence-electron chi connectivity index (χ2n) is 5.57. The van der Waals surface area contributed by atoms with Gasteiger partial charge in [0, 0.05) is 42.5 Å². The summed E-state index contributed by atoms with van der Waals surface area (Å²) < 4.78 is 0. The van der Waals surface area contributed by atoms with Crippen LogP contribution in [0.1, 0.15) is 15.9 Å². The minimum absolute atomic E-state index is 0.0844. The molecule has 0 bridgehead atoms. The molecule has 1 aliphatic rings. The normalized spacial score (nSPS) is 15.0. The molecule has 2 aromatic carbocycles. The molecule has 22 heavy (non-hydrogen) atoms. The zero-order valence-electron chi connectivity index (χ0n) is 12.6. The van der Waals surface area contributed by atoms with Crippen molar-refractivity contribution in [3.8, 4) is 0 Å². The van der Waals surface area contributed by atoms with Gasteiger partial charge in [0.2, 0.25) is 0 Å². The molecule has 1 heterocycles. The number of piperazine rings is 1. The summed E-state index contributed by atoms with van der Waals surface area (Å²) in [6.45, 7) is 5.35. The first-order valence-corrected chi connectivity index (χ1v) is 7.88. The summed E-state index contributed by atoms with van der Waals surface area (Å²) in [4.78, 5) is 16.7. The van der Waals surface area contributed by atoms with Crippen LogP contribution >= 0.6 is 11.6 Å². The standard InChI is InChI=1S/C18H19ClN2O/c1-14-4-2-3-5-17(14)20-10-12-21(13-11-20)18(22)15-6-8-16(19)9-7-15/h2-9H,10-13H2,1H3. The van der Waals surface area contributed by atoms with E-state index >= 15 is 0 Å². The molecule has 1 saturated heterocycles. The molecule has 0 spiro atoms. The molecule has 3 rings (SSSR count). The Kier molecular flexibility index (Phi) is 4.34. The fraction of sp³-hybridized carbons (Fsp3) is 0.278. The Morgan fingerprint density at radius 3 is 2.23 bits per heavy atom. The number of hydrogen-bond donors (Lipinski definition) is 0. The lowest BCUT2D eigenvalue weighted by molar-refractivity contribution is 0.0747. The van der Waals surface area contributed by atoms with E-state index in [2.05, 4.69) is 36.1 Å². The maximum Gasteiger partial charge on any atom is 0.253 e. The lowest BCUT2D eigenvalue weighted by Crippen LogP contribution is -2.49. The third kappa shape index (κ3) is 3.09. The SMILES string of the molecule is Cc1ccccc1N1CCN(C(=O)c2ccc(Cl)cc2)CC1. The number of rotatable bonds is 2. The monoisotopic (exact) mass is 314 g/mol. The number of hydrogen-bond acceptors (Lipinski definition) is 2. The van der Waals surface area contributed by atoms with E-state index in [0.29, 0.717) is 10.6 Å². The Bertz CT molecular complexity index is 661. The van der Waals surface area contributed by atoms with Crippen LogP contribution in [0.5, 0.6) is 0 Å². The van der Waals surface area contributed by atoms with Crippen molar-refractivity contribution in [2.75, 3.05) is 31.1 Å². The van der Waals surface area contributed by atoms with E-state index in [1.54, 1.807) is 24.3 Å². The van der Waals surface area contributed by atoms with Crippen molar-refractivity contribution in [1.82, 2.24) is 4.90 Å². The van der Waals surface area contributed by atoms with Gasteiger partial charge in [-0.2, -0.15) is 0 Å².